The SMILES string of the molecule is Cc1ccc([C@H](C)NC[C@@H](C)O)cc1C. The number of hydrogen-bond donors (Lipinski definition) is 2. The first kappa shape index (κ1) is 12.2. The summed E-state index contributed by atoms with van der Waals surface area (Å²) in [6.07, 6.45) is -0.293. The van der Waals surface area contributed by atoms with Gasteiger partial charge in [-0.25, -0.2) is 0 Å². The Morgan fingerprint density at radius 3 is 2.40 bits per heavy atom. The molecule has 15 heavy (non-hydrogen) atoms. The van der Waals surface area contributed by atoms with Crippen molar-refractivity contribution in [3.8, 4) is 0 Å². The van der Waals surface area contributed by atoms with Crippen molar-refractivity contribution in [3.63, 3.8) is 0 Å². The lowest BCUT2D eigenvalue weighted by Gasteiger charge is -2.16. The highest BCUT2D eigenvalue weighted by molar-refractivity contribution is 5.31. The van der Waals surface area contributed by atoms with Gasteiger partial charge in [0.1, 0.15) is 0 Å². The Morgan fingerprint density at radius 2 is 1.87 bits per heavy atom. The summed E-state index contributed by atoms with van der Waals surface area (Å²) in [7, 11) is 0. The minimum Gasteiger partial charge on any atom is -0.392 e. The van der Waals surface area contributed by atoms with Crippen LogP contribution in [0.15, 0.2) is 18.2 Å². The molecule has 0 unspecified atom stereocenters. The Bertz CT molecular complexity index is 320. The molecule has 1 rings (SSSR count). The second-order valence-corrected chi connectivity index (χ2v) is 4.32. The van der Waals surface area contributed by atoms with Gasteiger partial charge in [-0.2, -0.15) is 0 Å². The van der Waals surface area contributed by atoms with E-state index < -0.39 is 0 Å². The third-order valence-electron chi connectivity index (χ3n) is 2.75. The Morgan fingerprint density at radius 1 is 1.20 bits per heavy atom. The van der Waals surface area contributed by atoms with E-state index in [1.807, 2.05) is 0 Å². The van der Waals surface area contributed by atoms with Gasteiger partial charge in [-0.3, -0.25) is 0 Å². The normalized spacial score (nSPS) is 15.0. The maximum Gasteiger partial charge on any atom is 0.0636 e. The van der Waals surface area contributed by atoms with Crippen molar-refractivity contribution < 1.29 is 5.11 Å². The van der Waals surface area contributed by atoms with Crippen molar-refractivity contribution in [2.45, 2.75) is 39.8 Å². The molecule has 0 aliphatic carbocycles. The van der Waals surface area contributed by atoms with Gasteiger partial charge in [0, 0.05) is 12.6 Å². The van der Waals surface area contributed by atoms with Gasteiger partial charge in [0.2, 0.25) is 0 Å². The van der Waals surface area contributed by atoms with Crippen LogP contribution >= 0.6 is 0 Å². The fourth-order valence-electron chi connectivity index (χ4n) is 1.50. The number of rotatable bonds is 4. The molecule has 0 spiro atoms. The zero-order valence-corrected chi connectivity index (χ0v) is 10.0. The zero-order valence-electron chi connectivity index (χ0n) is 10.0. The fourth-order valence-corrected chi connectivity index (χ4v) is 1.50. The van der Waals surface area contributed by atoms with E-state index in [0.29, 0.717) is 12.6 Å². The highest BCUT2D eigenvalue weighted by Crippen LogP contribution is 2.16. The van der Waals surface area contributed by atoms with E-state index in [1.165, 1.54) is 16.7 Å². The summed E-state index contributed by atoms with van der Waals surface area (Å²) in [4.78, 5) is 0. The number of aliphatic hydroxyl groups excluding tert-OH is 1. The van der Waals surface area contributed by atoms with Crippen LogP contribution in [-0.2, 0) is 0 Å². The monoisotopic (exact) mass is 207 g/mol. The molecule has 0 aromatic heterocycles. The molecule has 0 saturated heterocycles. The molecule has 1 aromatic carbocycles. The van der Waals surface area contributed by atoms with Crippen LogP contribution in [0.4, 0.5) is 0 Å². The van der Waals surface area contributed by atoms with Crippen LogP contribution in [0, 0.1) is 13.8 Å². The Kier molecular flexibility index (Phi) is 4.30. The van der Waals surface area contributed by atoms with Crippen LogP contribution in [0.2, 0.25) is 0 Å². The van der Waals surface area contributed by atoms with Crippen molar-refractivity contribution in [2.24, 2.45) is 0 Å². The Balaban J connectivity index is 2.65. The summed E-state index contributed by atoms with van der Waals surface area (Å²) < 4.78 is 0. The van der Waals surface area contributed by atoms with E-state index in [1.54, 1.807) is 6.92 Å². The first-order valence-corrected chi connectivity index (χ1v) is 5.49. The Hall–Kier alpha value is -0.860. The molecule has 2 N–H and O–H groups in total. The molecule has 0 bridgehead atoms. The summed E-state index contributed by atoms with van der Waals surface area (Å²) >= 11 is 0. The van der Waals surface area contributed by atoms with Crippen molar-refractivity contribution >= 4 is 0 Å². The minimum absolute atomic E-state index is 0.291. The average Bonchev–Trinajstić information content (AvgIpc) is 2.18. The van der Waals surface area contributed by atoms with E-state index in [2.05, 4.69) is 44.3 Å². The van der Waals surface area contributed by atoms with Gasteiger partial charge in [-0.05, 0) is 44.4 Å². The van der Waals surface area contributed by atoms with Crippen molar-refractivity contribution in [2.75, 3.05) is 6.54 Å². The lowest BCUT2D eigenvalue weighted by Crippen LogP contribution is -2.27. The molecule has 0 heterocycles. The van der Waals surface area contributed by atoms with E-state index in [-0.39, 0.29) is 6.10 Å². The molecule has 0 amide bonds. The van der Waals surface area contributed by atoms with Crippen LogP contribution < -0.4 is 5.32 Å². The molecular formula is C13H21NO. The van der Waals surface area contributed by atoms with Gasteiger partial charge >= 0.3 is 0 Å². The Labute approximate surface area is 92.3 Å². The summed E-state index contributed by atoms with van der Waals surface area (Å²) in [5.74, 6) is 0. The molecule has 0 fully saturated rings. The molecule has 0 radical (unpaired) electrons. The molecule has 2 nitrogen and oxygen atoms in total. The molecule has 2 heteroatoms. The molecule has 0 aliphatic rings. The van der Waals surface area contributed by atoms with Gasteiger partial charge in [0.15, 0.2) is 0 Å². The van der Waals surface area contributed by atoms with Crippen LogP contribution in [0.1, 0.15) is 36.6 Å². The average molecular weight is 207 g/mol. The number of nitrogens with one attached hydrogen (secondary N) is 1. The first-order chi connectivity index (χ1) is 7.00. The second kappa shape index (κ2) is 5.29. The number of aliphatic hydroxyl groups is 1. The smallest absolute Gasteiger partial charge is 0.0636 e. The number of hydrogen-bond acceptors (Lipinski definition) is 2. The van der Waals surface area contributed by atoms with Crippen LogP contribution in [-0.4, -0.2) is 17.8 Å². The predicted octanol–water partition coefficient (Wildman–Crippen LogP) is 2.33. The van der Waals surface area contributed by atoms with E-state index in [0.717, 1.165) is 0 Å². The predicted molar refractivity (Wildman–Crippen MR) is 64.0 cm³/mol. The van der Waals surface area contributed by atoms with E-state index in [9.17, 15) is 5.11 Å². The summed E-state index contributed by atoms with van der Waals surface area (Å²) in [6, 6.07) is 6.78. The highest BCUT2D eigenvalue weighted by Gasteiger charge is 2.06. The quantitative estimate of drug-likeness (QED) is 0.794. The first-order valence-electron chi connectivity index (χ1n) is 5.49. The van der Waals surface area contributed by atoms with Crippen molar-refractivity contribution in [1.29, 1.82) is 0 Å². The van der Waals surface area contributed by atoms with Gasteiger partial charge < -0.3 is 10.4 Å². The fraction of sp³-hybridized carbons (Fsp3) is 0.538. The summed E-state index contributed by atoms with van der Waals surface area (Å²) in [5, 5.41) is 12.5. The molecular weight excluding hydrogens is 186 g/mol. The molecule has 84 valence electrons. The molecule has 0 aliphatic heterocycles. The van der Waals surface area contributed by atoms with Crippen LogP contribution in [0.5, 0.6) is 0 Å². The summed E-state index contributed by atoms with van der Waals surface area (Å²) in [6.45, 7) is 8.79. The number of benzene rings is 1. The molecule has 2 atom stereocenters. The second-order valence-electron chi connectivity index (χ2n) is 4.32. The maximum absolute atomic E-state index is 9.18. The van der Waals surface area contributed by atoms with E-state index >= 15 is 0 Å². The third-order valence-corrected chi connectivity index (χ3v) is 2.75. The van der Waals surface area contributed by atoms with Crippen molar-refractivity contribution in [1.82, 2.24) is 5.32 Å². The van der Waals surface area contributed by atoms with Gasteiger partial charge in [-0.1, -0.05) is 18.2 Å². The largest absolute Gasteiger partial charge is 0.392 e. The number of aryl methyl sites for hydroxylation is 2. The van der Waals surface area contributed by atoms with E-state index in [4.69, 9.17) is 0 Å². The standard InChI is InChI=1S/C13H21NO/c1-9-5-6-13(7-10(9)2)12(4)14-8-11(3)15/h5-7,11-12,14-15H,8H2,1-4H3/t11-,12+/m1/s1. The minimum atomic E-state index is -0.293. The summed E-state index contributed by atoms with van der Waals surface area (Å²) in [5.41, 5.74) is 3.92. The lowest BCUT2D eigenvalue weighted by molar-refractivity contribution is 0.187. The highest BCUT2D eigenvalue weighted by atomic mass is 16.3. The van der Waals surface area contributed by atoms with Gasteiger partial charge in [0.25, 0.3) is 0 Å². The zero-order chi connectivity index (χ0) is 11.4. The van der Waals surface area contributed by atoms with Crippen LogP contribution in [0.3, 0.4) is 0 Å². The van der Waals surface area contributed by atoms with Gasteiger partial charge in [0.05, 0.1) is 6.10 Å². The van der Waals surface area contributed by atoms with Crippen LogP contribution in [0.25, 0.3) is 0 Å². The topological polar surface area (TPSA) is 32.3 Å². The maximum atomic E-state index is 9.18. The molecule has 1 aromatic rings. The lowest BCUT2D eigenvalue weighted by atomic mass is 10.0. The van der Waals surface area contributed by atoms with Gasteiger partial charge in [-0.15, -0.1) is 0 Å². The molecule has 0 saturated carbocycles. The third kappa shape index (κ3) is 3.65. The van der Waals surface area contributed by atoms with Crippen molar-refractivity contribution in [3.05, 3.63) is 34.9 Å².